The van der Waals surface area contributed by atoms with Gasteiger partial charge < -0.3 is 19.5 Å². The van der Waals surface area contributed by atoms with Crippen LogP contribution in [0.2, 0.25) is 0 Å². The summed E-state index contributed by atoms with van der Waals surface area (Å²) in [7, 11) is 1.56. The maximum absolute atomic E-state index is 13.4. The molecule has 0 spiro atoms. The third-order valence-electron chi connectivity index (χ3n) is 5.98. The van der Waals surface area contributed by atoms with E-state index in [0.29, 0.717) is 28.3 Å². The number of para-hydroxylation sites is 3. The molecule has 0 radical (unpaired) electrons. The summed E-state index contributed by atoms with van der Waals surface area (Å²) in [5, 5.41) is 11.5. The van der Waals surface area contributed by atoms with E-state index in [-0.39, 0.29) is 25.4 Å². The van der Waals surface area contributed by atoms with Crippen molar-refractivity contribution in [2.75, 3.05) is 25.2 Å². The Balaban J connectivity index is 1.55. The van der Waals surface area contributed by atoms with Crippen LogP contribution in [0.5, 0.6) is 11.5 Å². The molecule has 0 saturated heterocycles. The highest BCUT2D eigenvalue weighted by atomic mass is 16.5. The Kier molecular flexibility index (Phi) is 6.20. The van der Waals surface area contributed by atoms with Crippen LogP contribution in [0.3, 0.4) is 0 Å². The number of aryl methyl sites for hydroxylation is 2. The number of aliphatic hydroxyl groups is 1. The minimum absolute atomic E-state index is 0.196. The highest BCUT2D eigenvalue weighted by molar-refractivity contribution is 6.11. The largest absolute Gasteiger partial charge is 0.493 e. The molecule has 0 aliphatic carbocycles. The van der Waals surface area contributed by atoms with Crippen molar-refractivity contribution in [2.45, 2.75) is 25.9 Å². The van der Waals surface area contributed by atoms with Gasteiger partial charge in [0.2, 0.25) is 0 Å². The van der Waals surface area contributed by atoms with Crippen LogP contribution >= 0.6 is 0 Å². The molecule has 3 aromatic rings. The van der Waals surface area contributed by atoms with Crippen LogP contribution in [0.15, 0.2) is 66.7 Å². The average Bonchev–Trinajstić information content (AvgIpc) is 3.01. The average molecular weight is 446 g/mol. The summed E-state index contributed by atoms with van der Waals surface area (Å²) in [4.78, 5) is 28.0. The first-order valence-corrected chi connectivity index (χ1v) is 10.9. The van der Waals surface area contributed by atoms with Crippen molar-refractivity contribution in [3.8, 4) is 11.5 Å². The van der Waals surface area contributed by atoms with Gasteiger partial charge in [-0.15, -0.1) is 0 Å². The summed E-state index contributed by atoms with van der Waals surface area (Å²) in [6.07, 6.45) is -0.323. The Labute approximate surface area is 193 Å². The zero-order chi connectivity index (χ0) is 23.6. The number of ether oxygens (including phenoxy) is 2. The summed E-state index contributed by atoms with van der Waals surface area (Å²) in [5.41, 5.74) is 1.48. The number of hydrogen-bond acceptors (Lipinski definition) is 5. The van der Waals surface area contributed by atoms with Gasteiger partial charge in [0.25, 0.3) is 5.91 Å². The van der Waals surface area contributed by atoms with Gasteiger partial charge in [0.05, 0.1) is 25.8 Å². The van der Waals surface area contributed by atoms with E-state index in [0.717, 1.165) is 11.1 Å². The molecule has 1 atom stereocenters. The molecule has 1 aliphatic rings. The molecule has 0 fully saturated rings. The lowest BCUT2D eigenvalue weighted by atomic mass is 9.87. The molecule has 0 bridgehead atoms. The Morgan fingerprint density at radius 1 is 1.00 bits per heavy atom. The molecular weight excluding hydrogens is 418 g/mol. The van der Waals surface area contributed by atoms with E-state index in [2.05, 4.69) is 0 Å². The van der Waals surface area contributed by atoms with E-state index >= 15 is 0 Å². The van der Waals surface area contributed by atoms with E-state index in [1.54, 1.807) is 49.6 Å². The highest BCUT2D eigenvalue weighted by Gasteiger charge is 2.50. The first kappa shape index (κ1) is 22.6. The molecule has 0 saturated carbocycles. The van der Waals surface area contributed by atoms with Crippen LogP contribution in [-0.4, -0.2) is 37.1 Å². The molecule has 33 heavy (non-hydrogen) atoms. The van der Waals surface area contributed by atoms with Gasteiger partial charge in [-0.3, -0.25) is 9.59 Å². The van der Waals surface area contributed by atoms with Crippen molar-refractivity contribution in [3.63, 3.8) is 0 Å². The first-order chi connectivity index (χ1) is 15.8. The number of amides is 1. The summed E-state index contributed by atoms with van der Waals surface area (Å²) in [6.45, 7) is 4.22. The number of hydrogen-bond donors (Lipinski definition) is 1. The number of carbonyl (C=O) groups is 2. The molecular formula is C27H27NO5. The van der Waals surface area contributed by atoms with Crippen LogP contribution in [0, 0.1) is 13.8 Å². The lowest BCUT2D eigenvalue weighted by Crippen LogP contribution is -2.43. The van der Waals surface area contributed by atoms with E-state index in [1.165, 1.54) is 4.90 Å². The fraction of sp³-hybridized carbons (Fsp3) is 0.259. The number of ketones is 1. The lowest BCUT2D eigenvalue weighted by molar-refractivity contribution is -0.135. The second-order valence-corrected chi connectivity index (χ2v) is 8.25. The van der Waals surface area contributed by atoms with Crippen LogP contribution in [-0.2, 0) is 10.4 Å². The fourth-order valence-corrected chi connectivity index (χ4v) is 4.34. The van der Waals surface area contributed by atoms with Crippen LogP contribution in [0.4, 0.5) is 5.69 Å². The number of carbonyl (C=O) groups excluding carboxylic acids is 2. The molecule has 0 aromatic heterocycles. The Bertz CT molecular complexity index is 1200. The molecule has 1 aliphatic heterocycles. The van der Waals surface area contributed by atoms with E-state index < -0.39 is 11.5 Å². The number of fused-ring (bicyclic) bond motifs is 1. The molecule has 4 rings (SSSR count). The highest BCUT2D eigenvalue weighted by Crippen LogP contribution is 2.43. The van der Waals surface area contributed by atoms with E-state index in [4.69, 9.17) is 9.47 Å². The van der Waals surface area contributed by atoms with E-state index in [1.807, 2.05) is 38.1 Å². The smallest absolute Gasteiger partial charge is 0.264 e. The quantitative estimate of drug-likeness (QED) is 0.526. The van der Waals surface area contributed by atoms with Crippen molar-refractivity contribution in [1.82, 2.24) is 0 Å². The first-order valence-electron chi connectivity index (χ1n) is 10.9. The maximum Gasteiger partial charge on any atom is 0.264 e. The number of Topliss-reactive ketones (excluding diaryl/α,β-unsaturated/α-hetero) is 1. The van der Waals surface area contributed by atoms with Crippen LogP contribution in [0.1, 0.15) is 33.5 Å². The number of anilines is 1. The van der Waals surface area contributed by atoms with Crippen molar-refractivity contribution < 1.29 is 24.2 Å². The molecule has 170 valence electrons. The number of methoxy groups -OCH3 is 1. The van der Waals surface area contributed by atoms with Crippen molar-refractivity contribution in [3.05, 3.63) is 89.0 Å². The molecule has 0 unspecified atom stereocenters. The zero-order valence-corrected chi connectivity index (χ0v) is 19.0. The lowest BCUT2D eigenvalue weighted by Gasteiger charge is -2.23. The molecule has 6 heteroatoms. The molecule has 6 nitrogen and oxygen atoms in total. The van der Waals surface area contributed by atoms with Gasteiger partial charge in [-0.2, -0.15) is 0 Å². The molecule has 1 N–H and O–H groups in total. The topological polar surface area (TPSA) is 76.1 Å². The predicted octanol–water partition coefficient (Wildman–Crippen LogP) is 4.20. The Morgan fingerprint density at radius 2 is 1.70 bits per heavy atom. The standard InChI is InChI=1S/C27H27NO5/c1-18-12-13-20(19(2)16-18)23(29)17-27(31)21-8-4-5-9-22(21)28(26(27)30)14-15-33-25-11-7-6-10-24(25)32-3/h4-13,16,31H,14-15,17H2,1-3H3/t27-/m1/s1. The molecule has 3 aromatic carbocycles. The Hall–Kier alpha value is -3.64. The molecule has 1 amide bonds. The summed E-state index contributed by atoms with van der Waals surface area (Å²) in [5.74, 6) is 0.372. The van der Waals surface area contributed by atoms with Crippen molar-refractivity contribution in [2.24, 2.45) is 0 Å². The summed E-state index contributed by atoms with van der Waals surface area (Å²) in [6, 6.07) is 19.8. The maximum atomic E-state index is 13.4. The number of rotatable bonds is 8. The number of benzene rings is 3. The van der Waals surface area contributed by atoms with Gasteiger partial charge in [-0.1, -0.05) is 54.1 Å². The zero-order valence-electron chi connectivity index (χ0n) is 19.0. The van der Waals surface area contributed by atoms with Gasteiger partial charge in [0.1, 0.15) is 6.61 Å². The van der Waals surface area contributed by atoms with Gasteiger partial charge in [0, 0.05) is 11.1 Å². The van der Waals surface area contributed by atoms with Crippen LogP contribution < -0.4 is 14.4 Å². The Morgan fingerprint density at radius 3 is 2.42 bits per heavy atom. The second-order valence-electron chi connectivity index (χ2n) is 8.25. The molecule has 1 heterocycles. The minimum atomic E-state index is -1.92. The van der Waals surface area contributed by atoms with E-state index in [9.17, 15) is 14.7 Å². The number of nitrogens with zero attached hydrogens (tertiary/aromatic N) is 1. The summed E-state index contributed by atoms with van der Waals surface area (Å²) >= 11 is 0. The predicted molar refractivity (Wildman–Crippen MR) is 126 cm³/mol. The van der Waals surface area contributed by atoms with Crippen LogP contribution in [0.25, 0.3) is 0 Å². The summed E-state index contributed by atoms with van der Waals surface area (Å²) < 4.78 is 11.1. The van der Waals surface area contributed by atoms with Crippen molar-refractivity contribution >= 4 is 17.4 Å². The van der Waals surface area contributed by atoms with Gasteiger partial charge in [0.15, 0.2) is 22.9 Å². The SMILES string of the molecule is COc1ccccc1OCCN1C(=O)[C@@](O)(CC(=O)c2ccc(C)cc2C)c2ccccc21. The van der Waals surface area contributed by atoms with Gasteiger partial charge in [-0.25, -0.2) is 0 Å². The second kappa shape index (κ2) is 9.08. The third kappa shape index (κ3) is 4.22. The normalized spacial score (nSPS) is 17.1. The van der Waals surface area contributed by atoms with Crippen molar-refractivity contribution in [1.29, 1.82) is 0 Å². The minimum Gasteiger partial charge on any atom is -0.493 e. The third-order valence-corrected chi connectivity index (χ3v) is 5.98. The monoisotopic (exact) mass is 445 g/mol. The van der Waals surface area contributed by atoms with Gasteiger partial charge >= 0.3 is 0 Å². The fourth-order valence-electron chi connectivity index (χ4n) is 4.34. The van der Waals surface area contributed by atoms with Gasteiger partial charge in [-0.05, 0) is 37.6 Å².